The van der Waals surface area contributed by atoms with E-state index >= 15 is 0 Å². The van der Waals surface area contributed by atoms with E-state index in [1.165, 1.54) is 10.8 Å². The highest BCUT2D eigenvalue weighted by Crippen LogP contribution is 2.33. The third-order valence-corrected chi connectivity index (χ3v) is 4.46. The summed E-state index contributed by atoms with van der Waals surface area (Å²) >= 11 is 7.62. The molecule has 0 amide bonds. The van der Waals surface area contributed by atoms with E-state index in [9.17, 15) is 0 Å². The van der Waals surface area contributed by atoms with Gasteiger partial charge in [0, 0.05) is 20.4 Å². The van der Waals surface area contributed by atoms with Crippen LogP contribution in [0, 0.1) is 5.41 Å². The van der Waals surface area contributed by atoms with Gasteiger partial charge in [-0.1, -0.05) is 53.7 Å². The molecule has 0 aromatic heterocycles. The second kappa shape index (κ2) is 5.80. The molecule has 0 fully saturated rings. The molecule has 3 aromatic rings. The Hall–Kier alpha value is -1.97. The number of rotatable bonds is 3. The van der Waals surface area contributed by atoms with Crippen molar-refractivity contribution < 1.29 is 0 Å². The first kappa shape index (κ1) is 14.0. The molecule has 0 aliphatic rings. The molecule has 104 valence electrons. The summed E-state index contributed by atoms with van der Waals surface area (Å²) in [6, 6.07) is 19.9. The summed E-state index contributed by atoms with van der Waals surface area (Å²) in [5.41, 5.74) is 6.34. The molecule has 0 atom stereocenters. The Balaban J connectivity index is 2.02. The van der Waals surface area contributed by atoms with Gasteiger partial charge in [-0.3, -0.25) is 5.41 Å². The molecule has 0 saturated heterocycles. The molecule has 0 aliphatic heterocycles. The van der Waals surface area contributed by atoms with Crippen LogP contribution in [0.5, 0.6) is 0 Å². The third-order valence-electron chi connectivity index (χ3n) is 3.18. The predicted molar refractivity (Wildman–Crippen MR) is 90.5 cm³/mol. The lowest BCUT2D eigenvalue weighted by Crippen LogP contribution is -2.12. The van der Waals surface area contributed by atoms with Crippen LogP contribution in [-0.2, 0) is 0 Å². The summed E-state index contributed by atoms with van der Waals surface area (Å²) in [6.45, 7) is 0. The zero-order valence-electron chi connectivity index (χ0n) is 11.1. The average molecular weight is 313 g/mol. The number of hydrogen-bond donors (Lipinski definition) is 2. The predicted octanol–water partition coefficient (Wildman–Crippen LogP) is 4.93. The standard InChI is InChI=1S/C17H13ClN2S/c18-13-6-8-15(17(19)20)16(10-13)21-14-7-5-11-3-1-2-4-12(11)9-14/h1-10H,(H3,19,20). The van der Waals surface area contributed by atoms with Crippen molar-refractivity contribution in [3.63, 3.8) is 0 Å². The Morgan fingerprint density at radius 2 is 1.71 bits per heavy atom. The quantitative estimate of drug-likeness (QED) is 0.532. The van der Waals surface area contributed by atoms with Gasteiger partial charge in [0.15, 0.2) is 0 Å². The molecule has 0 heterocycles. The van der Waals surface area contributed by atoms with Gasteiger partial charge in [-0.25, -0.2) is 0 Å². The van der Waals surface area contributed by atoms with Gasteiger partial charge in [-0.05, 0) is 41.1 Å². The maximum atomic E-state index is 7.67. The van der Waals surface area contributed by atoms with E-state index in [0.29, 0.717) is 10.6 Å². The summed E-state index contributed by atoms with van der Waals surface area (Å²) < 4.78 is 0. The lowest BCUT2D eigenvalue weighted by molar-refractivity contribution is 1.33. The highest BCUT2D eigenvalue weighted by molar-refractivity contribution is 7.99. The smallest absolute Gasteiger partial charge is 0.123 e. The van der Waals surface area contributed by atoms with Crippen LogP contribution >= 0.6 is 23.4 Å². The first-order valence-corrected chi connectivity index (χ1v) is 7.63. The molecule has 0 saturated carbocycles. The number of hydrogen-bond acceptors (Lipinski definition) is 2. The van der Waals surface area contributed by atoms with Crippen LogP contribution in [0.2, 0.25) is 5.02 Å². The second-order valence-electron chi connectivity index (χ2n) is 4.67. The first-order chi connectivity index (χ1) is 10.1. The lowest BCUT2D eigenvalue weighted by Gasteiger charge is -2.09. The van der Waals surface area contributed by atoms with Gasteiger partial charge in [0.2, 0.25) is 0 Å². The minimum atomic E-state index is 0.0509. The number of fused-ring (bicyclic) bond motifs is 1. The van der Waals surface area contributed by atoms with Gasteiger partial charge in [-0.2, -0.15) is 0 Å². The summed E-state index contributed by atoms with van der Waals surface area (Å²) in [5.74, 6) is 0.0509. The molecule has 0 unspecified atom stereocenters. The average Bonchev–Trinajstić information content (AvgIpc) is 2.47. The monoisotopic (exact) mass is 312 g/mol. The maximum absolute atomic E-state index is 7.67. The molecule has 0 spiro atoms. The molecule has 4 heteroatoms. The molecule has 3 N–H and O–H groups in total. The fraction of sp³-hybridized carbons (Fsp3) is 0. The largest absolute Gasteiger partial charge is 0.384 e. The molecular formula is C17H13ClN2S. The van der Waals surface area contributed by atoms with Crippen LogP contribution in [0.15, 0.2) is 70.5 Å². The van der Waals surface area contributed by atoms with Crippen molar-refractivity contribution in [3.8, 4) is 0 Å². The topological polar surface area (TPSA) is 49.9 Å². The van der Waals surface area contributed by atoms with Crippen molar-refractivity contribution in [2.24, 2.45) is 5.73 Å². The Kier molecular flexibility index (Phi) is 3.86. The van der Waals surface area contributed by atoms with Gasteiger partial charge in [-0.15, -0.1) is 0 Å². The Morgan fingerprint density at radius 1 is 0.952 bits per heavy atom. The van der Waals surface area contributed by atoms with Crippen LogP contribution in [0.1, 0.15) is 5.56 Å². The SMILES string of the molecule is N=C(N)c1ccc(Cl)cc1Sc1ccc2ccccc2c1. The molecule has 0 radical (unpaired) electrons. The summed E-state index contributed by atoms with van der Waals surface area (Å²) in [5, 5.41) is 10.7. The second-order valence-corrected chi connectivity index (χ2v) is 6.22. The van der Waals surface area contributed by atoms with E-state index < -0.39 is 0 Å². The van der Waals surface area contributed by atoms with E-state index in [0.717, 1.165) is 9.79 Å². The van der Waals surface area contributed by atoms with Gasteiger partial charge >= 0.3 is 0 Å². The molecule has 2 nitrogen and oxygen atoms in total. The highest BCUT2D eigenvalue weighted by atomic mass is 35.5. The van der Waals surface area contributed by atoms with Gasteiger partial charge < -0.3 is 5.73 Å². The zero-order valence-corrected chi connectivity index (χ0v) is 12.7. The molecule has 0 bridgehead atoms. The van der Waals surface area contributed by atoms with Crippen LogP contribution < -0.4 is 5.73 Å². The van der Waals surface area contributed by atoms with Crippen LogP contribution in [-0.4, -0.2) is 5.84 Å². The van der Waals surface area contributed by atoms with Crippen LogP contribution in [0.4, 0.5) is 0 Å². The van der Waals surface area contributed by atoms with E-state index in [1.807, 2.05) is 18.2 Å². The summed E-state index contributed by atoms with van der Waals surface area (Å²) in [6.07, 6.45) is 0. The van der Waals surface area contributed by atoms with E-state index in [4.69, 9.17) is 22.7 Å². The number of nitrogen functional groups attached to an aromatic ring is 1. The summed E-state index contributed by atoms with van der Waals surface area (Å²) in [4.78, 5) is 1.99. The number of halogens is 1. The van der Waals surface area contributed by atoms with Crippen molar-refractivity contribution in [1.82, 2.24) is 0 Å². The van der Waals surface area contributed by atoms with Crippen LogP contribution in [0.3, 0.4) is 0 Å². The van der Waals surface area contributed by atoms with Gasteiger partial charge in [0.05, 0.1) is 0 Å². The van der Waals surface area contributed by atoms with E-state index in [-0.39, 0.29) is 5.84 Å². The fourth-order valence-corrected chi connectivity index (χ4v) is 3.45. The maximum Gasteiger partial charge on any atom is 0.123 e. The number of nitrogens with one attached hydrogen (secondary N) is 1. The van der Waals surface area contributed by atoms with Crippen LogP contribution in [0.25, 0.3) is 10.8 Å². The van der Waals surface area contributed by atoms with Crippen molar-refractivity contribution in [3.05, 3.63) is 71.2 Å². The van der Waals surface area contributed by atoms with E-state index in [1.54, 1.807) is 23.9 Å². The normalized spacial score (nSPS) is 10.7. The summed E-state index contributed by atoms with van der Waals surface area (Å²) in [7, 11) is 0. The molecule has 21 heavy (non-hydrogen) atoms. The molecule has 0 aliphatic carbocycles. The minimum absolute atomic E-state index is 0.0509. The Labute approximate surface area is 132 Å². The van der Waals surface area contributed by atoms with Crippen molar-refractivity contribution >= 4 is 40.0 Å². The number of nitrogens with two attached hydrogens (primary N) is 1. The third kappa shape index (κ3) is 3.04. The zero-order chi connectivity index (χ0) is 14.8. The molecule has 3 aromatic carbocycles. The highest BCUT2D eigenvalue weighted by Gasteiger charge is 2.08. The number of amidine groups is 1. The van der Waals surface area contributed by atoms with Crippen molar-refractivity contribution in [1.29, 1.82) is 5.41 Å². The number of benzene rings is 3. The molecule has 3 rings (SSSR count). The van der Waals surface area contributed by atoms with Gasteiger partial charge in [0.25, 0.3) is 0 Å². The molecular weight excluding hydrogens is 300 g/mol. The minimum Gasteiger partial charge on any atom is -0.384 e. The van der Waals surface area contributed by atoms with Crippen molar-refractivity contribution in [2.45, 2.75) is 9.79 Å². The Bertz CT molecular complexity index is 830. The lowest BCUT2D eigenvalue weighted by atomic mass is 10.1. The van der Waals surface area contributed by atoms with E-state index in [2.05, 4.69) is 30.3 Å². The fourth-order valence-electron chi connectivity index (χ4n) is 2.16. The Morgan fingerprint density at radius 3 is 2.48 bits per heavy atom. The first-order valence-electron chi connectivity index (χ1n) is 6.44. The van der Waals surface area contributed by atoms with Gasteiger partial charge in [0.1, 0.15) is 5.84 Å². The van der Waals surface area contributed by atoms with Crippen molar-refractivity contribution in [2.75, 3.05) is 0 Å².